The Labute approximate surface area is 267 Å². The van der Waals surface area contributed by atoms with E-state index in [1.165, 1.54) is 24.4 Å². The number of carbonyl (C=O) groups is 3. The van der Waals surface area contributed by atoms with Gasteiger partial charge >= 0.3 is 12.2 Å². The fourth-order valence-corrected chi connectivity index (χ4v) is 4.27. The summed E-state index contributed by atoms with van der Waals surface area (Å²) >= 11 is 0. The predicted molar refractivity (Wildman–Crippen MR) is 173 cm³/mol. The van der Waals surface area contributed by atoms with Crippen LogP contribution in [0.5, 0.6) is 11.5 Å². The van der Waals surface area contributed by atoms with E-state index in [4.69, 9.17) is 23.9 Å². The van der Waals surface area contributed by atoms with Crippen LogP contribution >= 0.6 is 0 Å². The highest BCUT2D eigenvalue weighted by Crippen LogP contribution is 2.36. The first kappa shape index (κ1) is 33.7. The van der Waals surface area contributed by atoms with Crippen LogP contribution in [0.25, 0.3) is 22.3 Å². The van der Waals surface area contributed by atoms with Gasteiger partial charge in [0.05, 0.1) is 30.7 Å². The summed E-state index contributed by atoms with van der Waals surface area (Å²) in [5.74, 6) is 0.777. The number of carbonyl (C=O) groups excluding carboxylic acids is 3. The molecule has 13 nitrogen and oxygen atoms in total. The number of fused-ring (bicyclic) bond motifs is 1. The average Bonchev–Trinajstić information content (AvgIpc) is 3.38. The zero-order chi connectivity index (χ0) is 33.8. The molecular formula is C33H40N6O7. The zero-order valence-electron chi connectivity index (χ0n) is 27.6. The van der Waals surface area contributed by atoms with Gasteiger partial charge in [0.25, 0.3) is 5.91 Å². The summed E-state index contributed by atoms with van der Waals surface area (Å²) in [7, 11) is 1.44. The lowest BCUT2D eigenvalue weighted by molar-refractivity contribution is -0.123. The molecule has 13 heteroatoms. The van der Waals surface area contributed by atoms with Crippen molar-refractivity contribution in [3.63, 3.8) is 0 Å². The van der Waals surface area contributed by atoms with Gasteiger partial charge in [-0.2, -0.15) is 9.78 Å². The molecule has 0 spiro atoms. The Morgan fingerprint density at radius 3 is 2.33 bits per heavy atom. The third-order valence-corrected chi connectivity index (χ3v) is 6.03. The van der Waals surface area contributed by atoms with Crippen LogP contribution in [0.15, 0.2) is 54.9 Å². The van der Waals surface area contributed by atoms with E-state index >= 15 is 0 Å². The standard InChI is InChI=1S/C33H40N6O7/c1-20(2)36-27(40)19-44-24-12-10-11-21(16-24)28-34-18-26(43-9)29(37-28)38(30(41)45-32(3,4)5)23-13-14-25-22(15-23)17-35-39(25)31(42)46-33(6,7)8/h10-18,20H,19H2,1-9H3,(H,36,40). The molecule has 4 aromatic rings. The van der Waals surface area contributed by atoms with E-state index < -0.39 is 23.4 Å². The summed E-state index contributed by atoms with van der Waals surface area (Å²) < 4.78 is 23.7. The van der Waals surface area contributed by atoms with Crippen molar-refractivity contribution in [1.82, 2.24) is 25.1 Å². The molecule has 0 saturated carbocycles. The number of hydrogen-bond acceptors (Lipinski definition) is 10. The van der Waals surface area contributed by atoms with Crippen molar-refractivity contribution in [3.05, 3.63) is 54.9 Å². The summed E-state index contributed by atoms with van der Waals surface area (Å²) in [5, 5.41) is 7.56. The van der Waals surface area contributed by atoms with Gasteiger partial charge in [0, 0.05) is 17.0 Å². The van der Waals surface area contributed by atoms with E-state index in [9.17, 15) is 14.4 Å². The molecule has 2 aromatic carbocycles. The topological polar surface area (TPSA) is 147 Å². The first-order chi connectivity index (χ1) is 21.5. The Bertz CT molecular complexity index is 1740. The van der Waals surface area contributed by atoms with Gasteiger partial charge in [-0.15, -0.1) is 0 Å². The van der Waals surface area contributed by atoms with Crippen LogP contribution in [0.1, 0.15) is 55.4 Å². The lowest BCUT2D eigenvalue weighted by atomic mass is 10.2. The highest BCUT2D eigenvalue weighted by Gasteiger charge is 2.30. The van der Waals surface area contributed by atoms with Gasteiger partial charge in [-0.25, -0.2) is 24.5 Å². The number of methoxy groups -OCH3 is 1. The second-order valence-corrected chi connectivity index (χ2v) is 12.7. The summed E-state index contributed by atoms with van der Waals surface area (Å²) in [5.41, 5.74) is -0.113. The molecule has 0 aliphatic rings. The maximum Gasteiger partial charge on any atom is 0.435 e. The molecule has 0 radical (unpaired) electrons. The minimum absolute atomic E-state index is 0.0108. The Morgan fingerprint density at radius 1 is 0.957 bits per heavy atom. The molecule has 4 rings (SSSR count). The summed E-state index contributed by atoms with van der Waals surface area (Å²) in [6, 6.07) is 11.9. The van der Waals surface area contributed by atoms with Crippen LogP contribution in [0.3, 0.4) is 0 Å². The summed E-state index contributed by atoms with van der Waals surface area (Å²) in [6.45, 7) is 14.2. The second-order valence-electron chi connectivity index (χ2n) is 12.7. The van der Waals surface area contributed by atoms with Crippen molar-refractivity contribution >= 4 is 40.5 Å². The molecule has 1 N–H and O–H groups in total. The lowest BCUT2D eigenvalue weighted by Crippen LogP contribution is -2.34. The molecule has 0 aliphatic carbocycles. The quantitative estimate of drug-likeness (QED) is 0.236. The van der Waals surface area contributed by atoms with Crippen LogP contribution in [-0.2, 0) is 14.3 Å². The van der Waals surface area contributed by atoms with Crippen molar-refractivity contribution in [3.8, 4) is 22.9 Å². The number of anilines is 2. The number of nitrogens with zero attached hydrogens (tertiary/aromatic N) is 5. The fourth-order valence-electron chi connectivity index (χ4n) is 4.27. The molecule has 2 amide bonds. The third kappa shape index (κ3) is 8.49. The third-order valence-electron chi connectivity index (χ3n) is 6.03. The van der Waals surface area contributed by atoms with Crippen LogP contribution in [0, 0.1) is 0 Å². The van der Waals surface area contributed by atoms with Gasteiger partial charge in [0.1, 0.15) is 17.0 Å². The Morgan fingerprint density at radius 2 is 1.67 bits per heavy atom. The predicted octanol–water partition coefficient (Wildman–Crippen LogP) is 6.26. The first-order valence-corrected chi connectivity index (χ1v) is 14.7. The molecule has 0 bridgehead atoms. The van der Waals surface area contributed by atoms with Gasteiger partial charge in [0.2, 0.25) is 0 Å². The molecule has 0 aliphatic heterocycles. The highest BCUT2D eigenvalue weighted by molar-refractivity contribution is 6.00. The van der Waals surface area contributed by atoms with Crippen molar-refractivity contribution in [2.24, 2.45) is 0 Å². The van der Waals surface area contributed by atoms with E-state index in [1.807, 2.05) is 13.8 Å². The van der Waals surface area contributed by atoms with E-state index in [-0.39, 0.29) is 35.9 Å². The minimum atomic E-state index is -0.836. The number of amides is 2. The SMILES string of the molecule is COc1cnc(-c2cccc(OCC(=O)NC(C)C)c2)nc1N(C(=O)OC(C)(C)C)c1ccc2c(cnn2C(=O)OC(C)(C)C)c1. The van der Waals surface area contributed by atoms with Crippen LogP contribution in [0.2, 0.25) is 0 Å². The molecule has 2 heterocycles. The number of hydrogen-bond donors (Lipinski definition) is 1. The van der Waals surface area contributed by atoms with Gasteiger partial charge < -0.3 is 24.3 Å². The number of rotatable bonds is 8. The van der Waals surface area contributed by atoms with E-state index in [2.05, 4.69) is 15.4 Å². The average molecular weight is 633 g/mol. The van der Waals surface area contributed by atoms with Crippen molar-refractivity contribution in [2.45, 2.75) is 72.6 Å². The maximum atomic E-state index is 13.8. The molecule has 0 unspecified atom stereocenters. The summed E-state index contributed by atoms with van der Waals surface area (Å²) in [4.78, 5) is 49.1. The monoisotopic (exact) mass is 632 g/mol. The largest absolute Gasteiger partial charge is 0.491 e. The van der Waals surface area contributed by atoms with Gasteiger partial charge in [-0.05, 0) is 85.7 Å². The molecule has 2 aromatic heterocycles. The number of nitrogens with one attached hydrogen (secondary N) is 1. The maximum absolute atomic E-state index is 13.8. The minimum Gasteiger partial charge on any atom is -0.491 e. The molecule has 0 fully saturated rings. The van der Waals surface area contributed by atoms with Gasteiger partial charge in [0.15, 0.2) is 24.0 Å². The van der Waals surface area contributed by atoms with Crippen LogP contribution < -0.4 is 19.7 Å². The molecular weight excluding hydrogens is 592 g/mol. The Balaban J connectivity index is 1.76. The molecule has 0 atom stereocenters. The smallest absolute Gasteiger partial charge is 0.435 e. The van der Waals surface area contributed by atoms with Crippen molar-refractivity contribution in [1.29, 1.82) is 0 Å². The Hall–Kier alpha value is -5.20. The van der Waals surface area contributed by atoms with E-state index in [0.29, 0.717) is 27.9 Å². The fraction of sp³-hybridized carbons (Fsp3) is 0.394. The molecule has 0 saturated heterocycles. The number of benzene rings is 2. The zero-order valence-corrected chi connectivity index (χ0v) is 27.6. The van der Waals surface area contributed by atoms with E-state index in [1.54, 1.807) is 84.0 Å². The van der Waals surface area contributed by atoms with Gasteiger partial charge in [-0.1, -0.05) is 12.1 Å². The first-order valence-electron chi connectivity index (χ1n) is 14.7. The van der Waals surface area contributed by atoms with Crippen molar-refractivity contribution in [2.75, 3.05) is 18.6 Å². The number of aromatic nitrogens is 4. The van der Waals surface area contributed by atoms with Crippen LogP contribution in [0.4, 0.5) is 21.1 Å². The molecule has 46 heavy (non-hydrogen) atoms. The van der Waals surface area contributed by atoms with Crippen LogP contribution in [-0.4, -0.2) is 68.8 Å². The van der Waals surface area contributed by atoms with Gasteiger partial charge in [-0.3, -0.25) is 4.79 Å². The summed E-state index contributed by atoms with van der Waals surface area (Å²) in [6.07, 6.45) is 1.61. The second kappa shape index (κ2) is 13.4. The van der Waals surface area contributed by atoms with E-state index in [0.717, 1.165) is 4.68 Å². The normalized spacial score (nSPS) is 11.7. The molecule has 244 valence electrons. The number of ether oxygens (including phenoxy) is 4. The van der Waals surface area contributed by atoms with Crippen molar-refractivity contribution < 1.29 is 33.3 Å². The lowest BCUT2D eigenvalue weighted by Gasteiger charge is -2.28. The Kier molecular flexibility index (Phi) is 9.83. The highest BCUT2D eigenvalue weighted by atomic mass is 16.6.